The number of amides is 2. The van der Waals surface area contributed by atoms with Gasteiger partial charge in [-0.05, 0) is 49.1 Å². The van der Waals surface area contributed by atoms with Crippen molar-refractivity contribution < 1.29 is 18.7 Å². The number of pyridine rings is 2. The summed E-state index contributed by atoms with van der Waals surface area (Å²) in [4.78, 5) is 35.4. The fraction of sp³-hybridized carbons (Fsp3) is 0.308. The summed E-state index contributed by atoms with van der Waals surface area (Å²) in [6, 6.07) is 10.9. The normalized spacial score (nSPS) is 17.1. The van der Waals surface area contributed by atoms with Crippen LogP contribution in [0.2, 0.25) is 5.02 Å². The van der Waals surface area contributed by atoms with E-state index in [-0.39, 0.29) is 36.2 Å². The minimum Gasteiger partial charge on any atom is -0.487 e. The van der Waals surface area contributed by atoms with Gasteiger partial charge in [0.2, 0.25) is 5.91 Å². The molecule has 1 saturated heterocycles. The van der Waals surface area contributed by atoms with Crippen LogP contribution >= 0.6 is 11.6 Å². The van der Waals surface area contributed by atoms with Crippen molar-refractivity contribution in [2.45, 2.75) is 31.9 Å². The average molecular weight is 510 g/mol. The van der Waals surface area contributed by atoms with Crippen LogP contribution in [0.3, 0.4) is 0 Å². The van der Waals surface area contributed by atoms with E-state index in [4.69, 9.17) is 16.3 Å². The van der Waals surface area contributed by atoms with E-state index in [0.717, 1.165) is 24.8 Å². The SMILES string of the molecule is O=C(N[C@@H]1CCN(c2ncc(OCc3ccc(F)cc3)cc2Cl)C1)c1ccnc(NC(=O)C2CC2)c1. The van der Waals surface area contributed by atoms with Crippen LogP contribution in [0.5, 0.6) is 5.75 Å². The van der Waals surface area contributed by atoms with Crippen molar-refractivity contribution in [1.82, 2.24) is 15.3 Å². The van der Waals surface area contributed by atoms with Crippen molar-refractivity contribution in [1.29, 1.82) is 0 Å². The summed E-state index contributed by atoms with van der Waals surface area (Å²) in [7, 11) is 0. The Morgan fingerprint density at radius 2 is 1.92 bits per heavy atom. The van der Waals surface area contributed by atoms with Gasteiger partial charge in [0.15, 0.2) is 0 Å². The van der Waals surface area contributed by atoms with Gasteiger partial charge in [-0.3, -0.25) is 9.59 Å². The number of aromatic nitrogens is 2. The average Bonchev–Trinajstić information content (AvgIpc) is 3.63. The van der Waals surface area contributed by atoms with Gasteiger partial charge in [-0.15, -0.1) is 0 Å². The predicted molar refractivity (Wildman–Crippen MR) is 134 cm³/mol. The van der Waals surface area contributed by atoms with Crippen molar-refractivity contribution in [3.63, 3.8) is 0 Å². The molecule has 0 radical (unpaired) electrons. The van der Waals surface area contributed by atoms with Crippen LogP contribution in [0, 0.1) is 11.7 Å². The molecule has 1 aliphatic carbocycles. The molecule has 0 unspecified atom stereocenters. The number of carbonyl (C=O) groups excluding carboxylic acids is 2. The van der Waals surface area contributed by atoms with Crippen LogP contribution in [0.25, 0.3) is 0 Å². The van der Waals surface area contributed by atoms with Gasteiger partial charge in [0, 0.05) is 42.9 Å². The Morgan fingerprint density at radius 1 is 1.11 bits per heavy atom. The molecule has 1 aliphatic heterocycles. The molecule has 8 nitrogen and oxygen atoms in total. The molecule has 5 rings (SSSR count). The Labute approximate surface area is 212 Å². The van der Waals surface area contributed by atoms with Gasteiger partial charge in [-0.25, -0.2) is 14.4 Å². The molecule has 1 atom stereocenters. The van der Waals surface area contributed by atoms with Gasteiger partial charge in [-0.2, -0.15) is 0 Å². The van der Waals surface area contributed by atoms with E-state index in [0.29, 0.717) is 41.1 Å². The lowest BCUT2D eigenvalue weighted by Gasteiger charge is -2.20. The predicted octanol–water partition coefficient (Wildman–Crippen LogP) is 4.21. The highest BCUT2D eigenvalue weighted by atomic mass is 35.5. The molecule has 2 aliphatic rings. The van der Waals surface area contributed by atoms with Gasteiger partial charge < -0.3 is 20.3 Å². The second-order valence-electron chi connectivity index (χ2n) is 8.99. The summed E-state index contributed by atoms with van der Waals surface area (Å²) >= 11 is 6.48. The Balaban J connectivity index is 1.15. The minimum atomic E-state index is -0.296. The number of benzene rings is 1. The summed E-state index contributed by atoms with van der Waals surface area (Å²) in [5, 5.41) is 6.25. The number of hydrogen-bond donors (Lipinski definition) is 2. The largest absolute Gasteiger partial charge is 0.487 e. The summed E-state index contributed by atoms with van der Waals surface area (Å²) < 4.78 is 18.8. The van der Waals surface area contributed by atoms with E-state index >= 15 is 0 Å². The highest BCUT2D eigenvalue weighted by Gasteiger charge is 2.30. The maximum Gasteiger partial charge on any atom is 0.251 e. The van der Waals surface area contributed by atoms with Gasteiger partial charge in [0.25, 0.3) is 5.91 Å². The quantitative estimate of drug-likeness (QED) is 0.472. The first-order valence-electron chi connectivity index (χ1n) is 11.8. The van der Waals surface area contributed by atoms with Gasteiger partial charge in [0.05, 0.1) is 11.2 Å². The highest BCUT2D eigenvalue weighted by Crippen LogP contribution is 2.31. The summed E-state index contributed by atoms with van der Waals surface area (Å²) in [5.74, 6) is 0.999. The van der Waals surface area contributed by atoms with Gasteiger partial charge in [0.1, 0.15) is 29.8 Å². The van der Waals surface area contributed by atoms with Gasteiger partial charge in [-0.1, -0.05) is 23.7 Å². The molecule has 36 heavy (non-hydrogen) atoms. The Morgan fingerprint density at radius 3 is 2.67 bits per heavy atom. The molecule has 2 fully saturated rings. The van der Waals surface area contributed by atoms with Crippen molar-refractivity contribution in [3.8, 4) is 5.75 Å². The lowest BCUT2D eigenvalue weighted by atomic mass is 10.2. The van der Waals surface area contributed by atoms with E-state index in [9.17, 15) is 14.0 Å². The second-order valence-corrected chi connectivity index (χ2v) is 9.40. The standard InChI is InChI=1S/C26H25ClFN5O3/c27-22-12-21(36-15-16-1-5-19(28)6-2-16)13-30-24(22)33-10-8-20(14-33)31-26(35)18-7-9-29-23(11-18)32-25(34)17-3-4-17/h1-2,5-7,9,11-13,17,20H,3-4,8,10,14-15H2,(H,31,35)(H,29,32,34)/t20-/m1/s1. The lowest BCUT2D eigenvalue weighted by Crippen LogP contribution is -2.37. The highest BCUT2D eigenvalue weighted by molar-refractivity contribution is 6.33. The Hall–Kier alpha value is -3.72. The molecule has 3 aromatic rings. The number of nitrogens with zero attached hydrogens (tertiary/aromatic N) is 3. The molecule has 2 aromatic heterocycles. The maximum atomic E-state index is 13.0. The number of carbonyl (C=O) groups is 2. The third-order valence-electron chi connectivity index (χ3n) is 6.16. The van der Waals surface area contributed by atoms with Crippen LogP contribution < -0.4 is 20.3 Å². The number of ether oxygens (including phenoxy) is 1. The molecule has 1 aromatic carbocycles. The molecule has 2 amide bonds. The van der Waals surface area contributed by atoms with Crippen LogP contribution in [0.1, 0.15) is 35.2 Å². The smallest absolute Gasteiger partial charge is 0.251 e. The number of rotatable bonds is 8. The molecule has 2 N–H and O–H groups in total. The van der Waals surface area contributed by atoms with E-state index in [1.54, 1.807) is 36.5 Å². The Kier molecular flexibility index (Phi) is 6.99. The molecule has 1 saturated carbocycles. The third-order valence-corrected chi connectivity index (χ3v) is 6.44. The van der Waals surface area contributed by atoms with Crippen LogP contribution in [0.4, 0.5) is 16.0 Å². The fourth-order valence-electron chi connectivity index (χ4n) is 4.03. The molecular formula is C26H25ClFN5O3. The van der Waals surface area contributed by atoms with Crippen LogP contribution in [-0.4, -0.2) is 40.9 Å². The monoisotopic (exact) mass is 509 g/mol. The molecule has 10 heteroatoms. The van der Waals surface area contributed by atoms with Crippen molar-refractivity contribution >= 4 is 35.1 Å². The molecule has 3 heterocycles. The number of hydrogen-bond acceptors (Lipinski definition) is 6. The van der Waals surface area contributed by atoms with Crippen molar-refractivity contribution in [2.24, 2.45) is 5.92 Å². The zero-order chi connectivity index (χ0) is 25.1. The van der Waals surface area contributed by atoms with E-state index in [2.05, 4.69) is 20.6 Å². The summed E-state index contributed by atoms with van der Waals surface area (Å²) in [6.45, 7) is 1.52. The van der Waals surface area contributed by atoms with E-state index in [1.807, 2.05) is 4.90 Å². The maximum absolute atomic E-state index is 13.0. The van der Waals surface area contributed by atoms with Crippen molar-refractivity contribution in [2.75, 3.05) is 23.3 Å². The lowest BCUT2D eigenvalue weighted by molar-refractivity contribution is -0.117. The second kappa shape index (κ2) is 10.5. The Bertz CT molecular complexity index is 1270. The molecular weight excluding hydrogens is 485 g/mol. The number of nitrogens with one attached hydrogen (secondary N) is 2. The van der Waals surface area contributed by atoms with Crippen molar-refractivity contribution in [3.05, 3.63) is 76.8 Å². The van der Waals surface area contributed by atoms with Gasteiger partial charge >= 0.3 is 0 Å². The number of halogens is 2. The third kappa shape index (κ3) is 5.91. The molecule has 0 bridgehead atoms. The fourth-order valence-corrected chi connectivity index (χ4v) is 4.30. The van der Waals surface area contributed by atoms with E-state index in [1.165, 1.54) is 18.3 Å². The summed E-state index contributed by atoms with van der Waals surface area (Å²) in [6.07, 6.45) is 5.65. The van der Waals surface area contributed by atoms with Crippen LogP contribution in [0.15, 0.2) is 54.9 Å². The molecule has 186 valence electrons. The number of anilines is 2. The topological polar surface area (TPSA) is 96.5 Å². The first-order valence-corrected chi connectivity index (χ1v) is 12.2. The van der Waals surface area contributed by atoms with E-state index < -0.39 is 0 Å². The zero-order valence-electron chi connectivity index (χ0n) is 19.4. The molecule has 0 spiro atoms. The first-order chi connectivity index (χ1) is 17.4. The first kappa shape index (κ1) is 24.0. The van der Waals surface area contributed by atoms with Crippen LogP contribution in [-0.2, 0) is 11.4 Å². The zero-order valence-corrected chi connectivity index (χ0v) is 20.2. The minimum absolute atomic E-state index is 0.0530. The summed E-state index contributed by atoms with van der Waals surface area (Å²) in [5.41, 5.74) is 1.27.